The van der Waals surface area contributed by atoms with E-state index in [1.54, 1.807) is 0 Å². The highest BCUT2D eigenvalue weighted by Crippen LogP contribution is 2.37. The van der Waals surface area contributed by atoms with Gasteiger partial charge in [0, 0.05) is 25.2 Å². The van der Waals surface area contributed by atoms with E-state index >= 15 is 0 Å². The minimum absolute atomic E-state index is 0.0300. The second-order valence-electron chi connectivity index (χ2n) is 6.07. The molecule has 3 aliphatic rings. The fourth-order valence-corrected chi connectivity index (χ4v) is 3.67. The van der Waals surface area contributed by atoms with E-state index in [9.17, 15) is 9.59 Å². The molecule has 2 amide bonds. The van der Waals surface area contributed by atoms with Crippen LogP contribution in [-0.2, 0) is 4.79 Å². The smallest absolute Gasteiger partial charge is 0.253 e. The number of hydrogen-bond acceptors (Lipinski definition) is 3. The summed E-state index contributed by atoms with van der Waals surface area (Å²) < 4.78 is 0. The van der Waals surface area contributed by atoms with Gasteiger partial charge >= 0.3 is 0 Å². The number of nitrogens with zero attached hydrogens (tertiary/aromatic N) is 2. The van der Waals surface area contributed by atoms with Gasteiger partial charge in [0.25, 0.3) is 5.91 Å². The Hall–Kier alpha value is -2.04. The van der Waals surface area contributed by atoms with Crippen LogP contribution in [0.1, 0.15) is 36.0 Å². The van der Waals surface area contributed by atoms with Gasteiger partial charge in [-0.1, -0.05) is 0 Å². The van der Waals surface area contributed by atoms with Gasteiger partial charge in [0.15, 0.2) is 0 Å². The average molecular weight is 285 g/mol. The maximum atomic E-state index is 12.4. The molecule has 1 N–H and O–H groups in total. The number of hydrogen-bond donors (Lipinski definition) is 1. The first-order chi connectivity index (χ1) is 10.2. The van der Waals surface area contributed by atoms with Crippen molar-refractivity contribution in [3.63, 3.8) is 0 Å². The van der Waals surface area contributed by atoms with E-state index in [0.29, 0.717) is 5.56 Å². The Morgan fingerprint density at radius 1 is 1.14 bits per heavy atom. The van der Waals surface area contributed by atoms with Crippen molar-refractivity contribution in [3.05, 3.63) is 23.8 Å². The molecule has 0 radical (unpaired) electrons. The van der Waals surface area contributed by atoms with E-state index in [4.69, 9.17) is 0 Å². The number of rotatable bonds is 1. The minimum Gasteiger partial charge on any atom is -0.358 e. The minimum atomic E-state index is -0.0300. The number of carbonyl (C=O) groups is 2. The number of nitrogens with one attached hydrogen (secondary N) is 1. The van der Waals surface area contributed by atoms with Crippen LogP contribution >= 0.6 is 0 Å². The molecule has 110 valence electrons. The van der Waals surface area contributed by atoms with Crippen molar-refractivity contribution in [1.29, 1.82) is 0 Å². The molecular formula is C16H19N3O2. The summed E-state index contributed by atoms with van der Waals surface area (Å²) in [5.41, 5.74) is 2.51. The Morgan fingerprint density at radius 3 is 2.76 bits per heavy atom. The van der Waals surface area contributed by atoms with Crippen molar-refractivity contribution in [2.45, 2.75) is 31.7 Å². The van der Waals surface area contributed by atoms with E-state index < -0.39 is 0 Å². The summed E-state index contributed by atoms with van der Waals surface area (Å²) in [6.07, 6.45) is 4.14. The summed E-state index contributed by atoms with van der Waals surface area (Å²) in [6.45, 7) is 2.61. The molecule has 2 fully saturated rings. The van der Waals surface area contributed by atoms with Gasteiger partial charge in [-0.25, -0.2) is 0 Å². The predicted octanol–water partition coefficient (Wildman–Crippen LogP) is 1.84. The molecule has 1 atom stereocenters. The van der Waals surface area contributed by atoms with Crippen LogP contribution < -0.4 is 10.2 Å². The molecule has 0 saturated carbocycles. The van der Waals surface area contributed by atoms with Crippen LogP contribution in [0.3, 0.4) is 0 Å². The third-order valence-corrected chi connectivity index (χ3v) is 4.76. The number of amides is 2. The van der Waals surface area contributed by atoms with Crippen LogP contribution in [0, 0.1) is 0 Å². The molecule has 1 aromatic carbocycles. The second kappa shape index (κ2) is 4.76. The number of carbonyl (C=O) groups excluding carboxylic acids is 2. The number of benzene rings is 1. The Morgan fingerprint density at radius 2 is 1.95 bits per heavy atom. The molecule has 0 spiro atoms. The molecule has 21 heavy (non-hydrogen) atoms. The monoisotopic (exact) mass is 285 g/mol. The second-order valence-corrected chi connectivity index (χ2v) is 6.07. The van der Waals surface area contributed by atoms with Gasteiger partial charge in [-0.2, -0.15) is 0 Å². The third-order valence-electron chi connectivity index (χ3n) is 4.76. The Bertz CT molecular complexity index is 608. The first-order valence-corrected chi connectivity index (χ1v) is 7.75. The lowest BCUT2D eigenvalue weighted by molar-refractivity contribution is -0.117. The molecule has 3 heterocycles. The fraction of sp³-hybridized carbons (Fsp3) is 0.500. The summed E-state index contributed by atoms with van der Waals surface area (Å²) in [5, 5.41) is 2.97. The summed E-state index contributed by atoms with van der Waals surface area (Å²) >= 11 is 0. The maximum Gasteiger partial charge on any atom is 0.253 e. The highest BCUT2D eigenvalue weighted by Gasteiger charge is 2.36. The summed E-state index contributed by atoms with van der Waals surface area (Å²) in [4.78, 5) is 28.6. The topological polar surface area (TPSA) is 52.7 Å². The summed E-state index contributed by atoms with van der Waals surface area (Å²) in [6, 6.07) is 5.68. The van der Waals surface area contributed by atoms with Crippen molar-refractivity contribution in [3.8, 4) is 0 Å². The van der Waals surface area contributed by atoms with E-state index in [-0.39, 0.29) is 17.9 Å². The number of likely N-dealkylation sites (tertiary alicyclic amines) is 1. The zero-order chi connectivity index (χ0) is 14.4. The van der Waals surface area contributed by atoms with Crippen molar-refractivity contribution < 1.29 is 9.59 Å². The lowest BCUT2D eigenvalue weighted by Gasteiger charge is -2.33. The molecule has 5 nitrogen and oxygen atoms in total. The van der Waals surface area contributed by atoms with Gasteiger partial charge < -0.3 is 15.1 Å². The van der Waals surface area contributed by atoms with E-state index in [0.717, 1.165) is 56.7 Å². The standard InChI is InChI=1S/C16H19N3O2/c20-15-14-4-3-9-19(14)13-6-5-11(10-12(13)17-15)16(21)18-7-1-2-8-18/h5-6,10,14H,1-4,7-9H2,(H,17,20). The zero-order valence-electron chi connectivity index (χ0n) is 12.0. The maximum absolute atomic E-state index is 12.4. The SMILES string of the molecule is O=C1Nc2cc(C(=O)N3CCCC3)ccc2N2CCCC12. The number of fused-ring (bicyclic) bond motifs is 3. The van der Waals surface area contributed by atoms with Crippen molar-refractivity contribution in [2.24, 2.45) is 0 Å². The molecule has 1 unspecified atom stereocenters. The average Bonchev–Trinajstić information content (AvgIpc) is 3.17. The Labute approximate surface area is 123 Å². The van der Waals surface area contributed by atoms with Gasteiger partial charge in [0.2, 0.25) is 5.91 Å². The molecule has 0 aliphatic carbocycles. The normalized spacial score (nSPS) is 23.8. The first-order valence-electron chi connectivity index (χ1n) is 7.75. The molecule has 4 rings (SSSR count). The van der Waals surface area contributed by atoms with Crippen molar-refractivity contribution >= 4 is 23.2 Å². The molecule has 3 aliphatic heterocycles. The molecular weight excluding hydrogens is 266 g/mol. The Kier molecular flexibility index (Phi) is 2.87. The van der Waals surface area contributed by atoms with Gasteiger partial charge in [-0.05, 0) is 43.9 Å². The molecule has 0 aromatic heterocycles. The molecule has 2 saturated heterocycles. The highest BCUT2D eigenvalue weighted by molar-refractivity contribution is 6.06. The molecule has 1 aromatic rings. The van der Waals surface area contributed by atoms with Crippen LogP contribution in [0.25, 0.3) is 0 Å². The highest BCUT2D eigenvalue weighted by atomic mass is 16.2. The summed E-state index contributed by atoms with van der Waals surface area (Å²) in [5.74, 6) is 0.138. The van der Waals surface area contributed by atoms with Gasteiger partial charge in [-0.15, -0.1) is 0 Å². The fourth-order valence-electron chi connectivity index (χ4n) is 3.67. The summed E-state index contributed by atoms with van der Waals surface area (Å²) in [7, 11) is 0. The lowest BCUT2D eigenvalue weighted by Crippen LogP contribution is -2.44. The molecule has 5 heteroatoms. The van der Waals surface area contributed by atoms with Gasteiger partial charge in [-0.3, -0.25) is 9.59 Å². The van der Waals surface area contributed by atoms with Crippen molar-refractivity contribution in [1.82, 2.24) is 4.90 Å². The van der Waals surface area contributed by atoms with E-state index in [2.05, 4.69) is 10.2 Å². The van der Waals surface area contributed by atoms with Crippen LogP contribution in [0.2, 0.25) is 0 Å². The quantitative estimate of drug-likeness (QED) is 0.856. The first kappa shape index (κ1) is 12.7. The van der Waals surface area contributed by atoms with E-state index in [1.165, 1.54) is 0 Å². The largest absolute Gasteiger partial charge is 0.358 e. The van der Waals surface area contributed by atoms with Gasteiger partial charge in [0.05, 0.1) is 11.4 Å². The number of anilines is 2. The van der Waals surface area contributed by atoms with Crippen LogP contribution in [-0.4, -0.2) is 42.4 Å². The lowest BCUT2D eigenvalue weighted by atomic mass is 10.1. The van der Waals surface area contributed by atoms with E-state index in [1.807, 2.05) is 23.1 Å². The van der Waals surface area contributed by atoms with Gasteiger partial charge in [0.1, 0.15) is 6.04 Å². The molecule has 0 bridgehead atoms. The third kappa shape index (κ3) is 1.99. The zero-order valence-corrected chi connectivity index (χ0v) is 12.0. The predicted molar refractivity (Wildman–Crippen MR) is 80.6 cm³/mol. The van der Waals surface area contributed by atoms with Crippen LogP contribution in [0.5, 0.6) is 0 Å². The van der Waals surface area contributed by atoms with Crippen molar-refractivity contribution in [2.75, 3.05) is 29.9 Å². The van der Waals surface area contributed by atoms with Crippen LogP contribution in [0.15, 0.2) is 18.2 Å². The Balaban J connectivity index is 1.66. The van der Waals surface area contributed by atoms with Crippen LogP contribution in [0.4, 0.5) is 11.4 Å².